The van der Waals surface area contributed by atoms with Crippen molar-refractivity contribution in [2.75, 3.05) is 14.1 Å². The average molecular weight is 355 g/mol. The Balaban J connectivity index is 1.67. The number of benzene rings is 1. The fraction of sp³-hybridized carbons (Fsp3) is 0.136. The van der Waals surface area contributed by atoms with Gasteiger partial charge in [-0.2, -0.15) is 5.10 Å². The van der Waals surface area contributed by atoms with Crippen molar-refractivity contribution < 1.29 is 0 Å². The van der Waals surface area contributed by atoms with Crippen LogP contribution in [0.1, 0.15) is 5.56 Å². The fourth-order valence-corrected chi connectivity index (χ4v) is 3.11. The van der Waals surface area contributed by atoms with Gasteiger partial charge in [-0.1, -0.05) is 30.3 Å². The van der Waals surface area contributed by atoms with Crippen molar-refractivity contribution in [2.24, 2.45) is 0 Å². The third-order valence-corrected chi connectivity index (χ3v) is 4.37. The Morgan fingerprint density at radius 3 is 2.41 bits per heavy atom. The summed E-state index contributed by atoms with van der Waals surface area (Å²) >= 11 is 0. The van der Waals surface area contributed by atoms with E-state index in [9.17, 15) is 0 Å². The molecule has 0 radical (unpaired) electrons. The smallest absolute Gasteiger partial charge is 0.118 e. The molecular weight excluding hydrogens is 334 g/mol. The standard InChI is InChI=1S/C22H21N5/c1-27(2)15-16-6-8-17(9-7-16)21-13-18(10-12-24-21)19-14-25-26-22(19)20-5-3-4-11-23-20/h3-14H,15H2,1-2H3,(H,25,26). The van der Waals surface area contributed by atoms with Crippen LogP contribution in [0, 0.1) is 0 Å². The molecule has 1 N–H and O–H groups in total. The summed E-state index contributed by atoms with van der Waals surface area (Å²) in [6.07, 6.45) is 5.53. The van der Waals surface area contributed by atoms with Crippen LogP contribution in [-0.2, 0) is 6.54 Å². The average Bonchev–Trinajstić information content (AvgIpc) is 3.19. The van der Waals surface area contributed by atoms with E-state index in [1.807, 2.05) is 36.7 Å². The van der Waals surface area contributed by atoms with Gasteiger partial charge in [-0.05, 0) is 49.5 Å². The Morgan fingerprint density at radius 2 is 1.67 bits per heavy atom. The minimum Gasteiger partial charge on any atom is -0.305 e. The van der Waals surface area contributed by atoms with Gasteiger partial charge in [0.2, 0.25) is 0 Å². The summed E-state index contributed by atoms with van der Waals surface area (Å²) in [5, 5.41) is 7.36. The van der Waals surface area contributed by atoms with Crippen molar-refractivity contribution in [2.45, 2.75) is 6.54 Å². The van der Waals surface area contributed by atoms with Gasteiger partial charge in [0.25, 0.3) is 0 Å². The van der Waals surface area contributed by atoms with Gasteiger partial charge in [-0.25, -0.2) is 0 Å². The molecule has 0 atom stereocenters. The lowest BCUT2D eigenvalue weighted by atomic mass is 10.0. The summed E-state index contributed by atoms with van der Waals surface area (Å²) in [7, 11) is 4.14. The molecule has 5 heteroatoms. The first-order chi connectivity index (χ1) is 13.2. The summed E-state index contributed by atoms with van der Waals surface area (Å²) in [6, 6.07) is 18.5. The number of pyridine rings is 2. The van der Waals surface area contributed by atoms with Crippen LogP contribution < -0.4 is 0 Å². The summed E-state index contributed by atoms with van der Waals surface area (Å²) in [5.41, 5.74) is 7.09. The van der Waals surface area contributed by atoms with Crippen molar-refractivity contribution in [1.82, 2.24) is 25.1 Å². The summed E-state index contributed by atoms with van der Waals surface area (Å²) < 4.78 is 0. The highest BCUT2D eigenvalue weighted by molar-refractivity contribution is 5.80. The van der Waals surface area contributed by atoms with Crippen molar-refractivity contribution >= 4 is 0 Å². The van der Waals surface area contributed by atoms with Crippen LogP contribution in [-0.4, -0.2) is 39.2 Å². The predicted octanol–water partition coefficient (Wildman–Crippen LogP) is 4.26. The largest absolute Gasteiger partial charge is 0.305 e. The first-order valence-electron chi connectivity index (χ1n) is 8.86. The molecule has 0 aliphatic rings. The highest BCUT2D eigenvalue weighted by atomic mass is 15.1. The molecule has 0 fully saturated rings. The molecule has 0 amide bonds. The fourth-order valence-electron chi connectivity index (χ4n) is 3.11. The van der Waals surface area contributed by atoms with Crippen molar-refractivity contribution in [1.29, 1.82) is 0 Å². The maximum Gasteiger partial charge on any atom is 0.118 e. The Bertz CT molecular complexity index is 1020. The molecule has 0 saturated heterocycles. The van der Waals surface area contributed by atoms with Crippen LogP contribution >= 0.6 is 0 Å². The molecule has 0 spiro atoms. The van der Waals surface area contributed by atoms with Crippen LogP contribution in [0.4, 0.5) is 0 Å². The molecule has 0 saturated carbocycles. The molecule has 3 aromatic heterocycles. The molecule has 0 bridgehead atoms. The van der Waals surface area contributed by atoms with E-state index < -0.39 is 0 Å². The Labute approximate surface area is 158 Å². The number of nitrogens with zero attached hydrogens (tertiary/aromatic N) is 4. The summed E-state index contributed by atoms with van der Waals surface area (Å²) in [6.45, 7) is 0.927. The highest BCUT2D eigenvalue weighted by Crippen LogP contribution is 2.30. The van der Waals surface area contributed by atoms with E-state index in [4.69, 9.17) is 0 Å². The summed E-state index contributed by atoms with van der Waals surface area (Å²) in [5.74, 6) is 0. The van der Waals surface area contributed by atoms with E-state index in [0.29, 0.717) is 0 Å². The lowest BCUT2D eigenvalue weighted by Crippen LogP contribution is -2.10. The molecule has 4 rings (SSSR count). The third kappa shape index (κ3) is 3.78. The van der Waals surface area contributed by atoms with Crippen LogP contribution in [0.3, 0.4) is 0 Å². The number of hydrogen-bond acceptors (Lipinski definition) is 4. The van der Waals surface area contributed by atoms with Gasteiger partial charge in [-0.15, -0.1) is 0 Å². The second-order valence-corrected chi connectivity index (χ2v) is 6.73. The monoisotopic (exact) mass is 355 g/mol. The molecule has 0 aliphatic heterocycles. The predicted molar refractivity (Wildman–Crippen MR) is 108 cm³/mol. The topological polar surface area (TPSA) is 57.7 Å². The molecule has 0 unspecified atom stereocenters. The Morgan fingerprint density at radius 1 is 0.852 bits per heavy atom. The van der Waals surface area contributed by atoms with Crippen molar-refractivity contribution in [3.8, 4) is 33.8 Å². The quantitative estimate of drug-likeness (QED) is 0.581. The van der Waals surface area contributed by atoms with Gasteiger partial charge in [0, 0.05) is 36.3 Å². The molecule has 27 heavy (non-hydrogen) atoms. The van der Waals surface area contributed by atoms with E-state index in [-0.39, 0.29) is 0 Å². The van der Waals surface area contributed by atoms with E-state index >= 15 is 0 Å². The lowest BCUT2D eigenvalue weighted by molar-refractivity contribution is 0.402. The highest BCUT2D eigenvalue weighted by Gasteiger charge is 2.12. The normalized spacial score (nSPS) is 11.1. The number of rotatable bonds is 5. The number of aromatic amines is 1. The van der Waals surface area contributed by atoms with Crippen molar-refractivity contribution in [3.05, 3.63) is 78.8 Å². The van der Waals surface area contributed by atoms with Crippen LogP contribution in [0.15, 0.2) is 73.2 Å². The number of aromatic nitrogens is 4. The lowest BCUT2D eigenvalue weighted by Gasteiger charge is -2.10. The molecule has 3 heterocycles. The third-order valence-electron chi connectivity index (χ3n) is 4.37. The second-order valence-electron chi connectivity index (χ2n) is 6.73. The first kappa shape index (κ1) is 17.1. The van der Waals surface area contributed by atoms with Crippen LogP contribution in [0.25, 0.3) is 33.8 Å². The number of H-pyrrole nitrogens is 1. The van der Waals surface area contributed by atoms with Gasteiger partial charge in [0.05, 0.1) is 11.4 Å². The van der Waals surface area contributed by atoms with Gasteiger partial charge < -0.3 is 4.90 Å². The second kappa shape index (κ2) is 7.51. The van der Waals surface area contributed by atoms with E-state index in [1.165, 1.54) is 5.56 Å². The van der Waals surface area contributed by atoms with E-state index in [0.717, 1.165) is 40.3 Å². The Hall–Kier alpha value is -3.31. The number of hydrogen-bond donors (Lipinski definition) is 1. The van der Waals surface area contributed by atoms with Crippen LogP contribution in [0.5, 0.6) is 0 Å². The maximum absolute atomic E-state index is 4.56. The van der Waals surface area contributed by atoms with Gasteiger partial charge in [0.15, 0.2) is 0 Å². The van der Waals surface area contributed by atoms with E-state index in [1.54, 1.807) is 6.20 Å². The minimum atomic E-state index is 0.842. The van der Waals surface area contributed by atoms with Gasteiger partial charge >= 0.3 is 0 Å². The maximum atomic E-state index is 4.56. The minimum absolute atomic E-state index is 0.842. The zero-order valence-corrected chi connectivity index (χ0v) is 15.4. The molecule has 1 aromatic carbocycles. The van der Waals surface area contributed by atoms with E-state index in [2.05, 4.69) is 69.5 Å². The molecule has 4 aromatic rings. The summed E-state index contributed by atoms with van der Waals surface area (Å²) in [4.78, 5) is 11.1. The molecule has 0 aliphatic carbocycles. The first-order valence-corrected chi connectivity index (χ1v) is 8.86. The van der Waals surface area contributed by atoms with Crippen molar-refractivity contribution in [3.63, 3.8) is 0 Å². The zero-order valence-electron chi connectivity index (χ0n) is 15.4. The van der Waals surface area contributed by atoms with Crippen LogP contribution in [0.2, 0.25) is 0 Å². The molecular formula is C22H21N5. The molecule has 134 valence electrons. The zero-order chi connectivity index (χ0) is 18.6. The number of nitrogens with one attached hydrogen (secondary N) is 1. The van der Waals surface area contributed by atoms with Gasteiger partial charge in [0.1, 0.15) is 5.69 Å². The molecule has 5 nitrogen and oxygen atoms in total. The Kier molecular flexibility index (Phi) is 4.77. The van der Waals surface area contributed by atoms with Gasteiger partial charge in [-0.3, -0.25) is 15.1 Å². The SMILES string of the molecule is CN(C)Cc1ccc(-c2cc(-c3c[nH]nc3-c3ccccn3)ccn2)cc1.